The molecular formula is C24H22N4O2S3. The number of hydrazone groups is 1. The van der Waals surface area contributed by atoms with E-state index in [9.17, 15) is 4.79 Å². The van der Waals surface area contributed by atoms with E-state index in [1.54, 1.807) is 18.9 Å². The SMILES string of the molecule is COc1cccc(/C(C)=N/NC(=O)CSc2nnc(SCc3cccc4ccccc34)s2)c1. The van der Waals surface area contributed by atoms with Gasteiger partial charge in [0.15, 0.2) is 8.68 Å². The summed E-state index contributed by atoms with van der Waals surface area (Å²) in [4.78, 5) is 12.2. The molecule has 0 saturated carbocycles. The Bertz CT molecular complexity index is 1280. The van der Waals surface area contributed by atoms with Gasteiger partial charge in [-0.15, -0.1) is 10.2 Å². The largest absolute Gasteiger partial charge is 0.497 e. The molecular weight excluding hydrogens is 472 g/mol. The van der Waals surface area contributed by atoms with E-state index >= 15 is 0 Å². The lowest BCUT2D eigenvalue weighted by Gasteiger charge is -2.05. The second-order valence-corrected chi connectivity index (χ2v) is 10.4. The Hall–Kier alpha value is -2.88. The van der Waals surface area contributed by atoms with Gasteiger partial charge in [0.05, 0.1) is 18.6 Å². The lowest BCUT2D eigenvalue weighted by molar-refractivity contribution is -0.118. The number of amides is 1. The highest BCUT2D eigenvalue weighted by atomic mass is 32.2. The number of aromatic nitrogens is 2. The predicted octanol–water partition coefficient (Wildman–Crippen LogP) is 5.62. The van der Waals surface area contributed by atoms with Gasteiger partial charge in [0, 0.05) is 11.3 Å². The van der Waals surface area contributed by atoms with Crippen LogP contribution < -0.4 is 10.2 Å². The molecule has 0 atom stereocenters. The van der Waals surface area contributed by atoms with Crippen molar-refractivity contribution in [3.05, 3.63) is 77.9 Å². The van der Waals surface area contributed by atoms with Crippen LogP contribution in [0.25, 0.3) is 10.8 Å². The van der Waals surface area contributed by atoms with E-state index in [0.29, 0.717) is 5.71 Å². The van der Waals surface area contributed by atoms with Crippen molar-refractivity contribution in [2.24, 2.45) is 5.10 Å². The van der Waals surface area contributed by atoms with E-state index < -0.39 is 0 Å². The highest BCUT2D eigenvalue weighted by Gasteiger charge is 2.10. The molecule has 0 fully saturated rings. The standard InChI is InChI=1S/C24H22N4O2S3/c1-16(18-9-6-11-20(13-18)30-2)25-26-22(29)15-32-24-28-27-23(33-24)31-14-19-10-5-8-17-7-3-4-12-21(17)19/h3-13H,14-15H2,1-2H3,(H,26,29)/b25-16+. The Morgan fingerprint density at radius 1 is 1.03 bits per heavy atom. The summed E-state index contributed by atoms with van der Waals surface area (Å²) in [6.45, 7) is 1.84. The molecule has 168 valence electrons. The molecule has 6 nitrogen and oxygen atoms in total. The van der Waals surface area contributed by atoms with Crippen molar-refractivity contribution in [2.45, 2.75) is 21.4 Å². The highest BCUT2D eigenvalue weighted by molar-refractivity contribution is 8.03. The van der Waals surface area contributed by atoms with Gasteiger partial charge >= 0.3 is 0 Å². The minimum atomic E-state index is -0.192. The fraction of sp³-hybridized carbons (Fsp3) is 0.167. The van der Waals surface area contributed by atoms with Gasteiger partial charge in [-0.25, -0.2) is 5.43 Å². The number of thioether (sulfide) groups is 2. The van der Waals surface area contributed by atoms with Gasteiger partial charge in [0.1, 0.15) is 5.75 Å². The zero-order valence-corrected chi connectivity index (χ0v) is 20.6. The van der Waals surface area contributed by atoms with Gasteiger partial charge in [-0.1, -0.05) is 89.5 Å². The number of nitrogens with zero attached hydrogens (tertiary/aromatic N) is 3. The zero-order chi connectivity index (χ0) is 23.0. The monoisotopic (exact) mass is 494 g/mol. The Balaban J connectivity index is 1.27. The van der Waals surface area contributed by atoms with Crippen LogP contribution in [0.3, 0.4) is 0 Å². The maximum atomic E-state index is 12.2. The molecule has 33 heavy (non-hydrogen) atoms. The smallest absolute Gasteiger partial charge is 0.250 e. The fourth-order valence-electron chi connectivity index (χ4n) is 3.09. The van der Waals surface area contributed by atoms with Crippen molar-refractivity contribution in [2.75, 3.05) is 12.9 Å². The van der Waals surface area contributed by atoms with Crippen LogP contribution >= 0.6 is 34.9 Å². The number of hydrogen-bond donors (Lipinski definition) is 1. The van der Waals surface area contributed by atoms with Crippen LogP contribution in [0.5, 0.6) is 5.75 Å². The summed E-state index contributed by atoms with van der Waals surface area (Å²) in [5.74, 6) is 1.59. The molecule has 1 heterocycles. The molecule has 0 spiro atoms. The van der Waals surface area contributed by atoms with Crippen LogP contribution in [0.2, 0.25) is 0 Å². The number of ether oxygens (including phenoxy) is 1. The van der Waals surface area contributed by atoms with Crippen molar-refractivity contribution in [3.63, 3.8) is 0 Å². The fourth-order valence-corrected chi connectivity index (χ4v) is 5.91. The summed E-state index contributed by atoms with van der Waals surface area (Å²) >= 11 is 4.51. The topological polar surface area (TPSA) is 76.5 Å². The molecule has 1 aromatic heterocycles. The summed E-state index contributed by atoms with van der Waals surface area (Å²) in [6.07, 6.45) is 0. The van der Waals surface area contributed by atoms with Gasteiger partial charge < -0.3 is 4.74 Å². The van der Waals surface area contributed by atoms with Crippen molar-refractivity contribution < 1.29 is 9.53 Å². The lowest BCUT2D eigenvalue weighted by atomic mass is 10.1. The third-order valence-electron chi connectivity index (χ3n) is 4.78. The van der Waals surface area contributed by atoms with Crippen LogP contribution in [-0.2, 0) is 10.5 Å². The molecule has 9 heteroatoms. The Kier molecular flexibility index (Phi) is 7.98. The number of nitrogens with one attached hydrogen (secondary N) is 1. The number of hydrogen-bond acceptors (Lipinski definition) is 8. The van der Waals surface area contributed by atoms with Crippen molar-refractivity contribution in [1.82, 2.24) is 15.6 Å². The first-order valence-corrected chi connectivity index (χ1v) is 12.9. The average Bonchev–Trinajstić information content (AvgIpc) is 3.32. The van der Waals surface area contributed by atoms with Gasteiger partial charge in [-0.3, -0.25) is 4.79 Å². The molecule has 1 N–H and O–H groups in total. The Morgan fingerprint density at radius 3 is 2.64 bits per heavy atom. The molecule has 0 aliphatic rings. The number of carbonyl (C=O) groups excluding carboxylic acids is 1. The highest BCUT2D eigenvalue weighted by Crippen LogP contribution is 2.32. The van der Waals surface area contributed by atoms with Crippen molar-refractivity contribution in [3.8, 4) is 5.75 Å². The number of methoxy groups -OCH3 is 1. The molecule has 4 aromatic rings. The maximum Gasteiger partial charge on any atom is 0.250 e. The van der Waals surface area contributed by atoms with Crippen LogP contribution in [-0.4, -0.2) is 34.7 Å². The van der Waals surface area contributed by atoms with Crippen molar-refractivity contribution in [1.29, 1.82) is 0 Å². The summed E-state index contributed by atoms with van der Waals surface area (Å²) in [7, 11) is 1.62. The molecule has 0 aliphatic heterocycles. The van der Waals surface area contributed by atoms with Crippen LogP contribution in [0.4, 0.5) is 0 Å². The van der Waals surface area contributed by atoms with E-state index in [1.807, 2.05) is 31.2 Å². The Morgan fingerprint density at radius 2 is 1.79 bits per heavy atom. The van der Waals surface area contributed by atoms with Crippen LogP contribution in [0.1, 0.15) is 18.1 Å². The first-order valence-electron chi connectivity index (χ1n) is 10.2. The zero-order valence-electron chi connectivity index (χ0n) is 18.1. The van der Waals surface area contributed by atoms with E-state index in [4.69, 9.17) is 4.74 Å². The van der Waals surface area contributed by atoms with E-state index in [1.165, 1.54) is 39.4 Å². The first kappa shape index (κ1) is 23.3. The number of fused-ring (bicyclic) bond motifs is 1. The second-order valence-electron chi connectivity index (χ2n) is 7.01. The molecule has 0 bridgehead atoms. The summed E-state index contributed by atoms with van der Waals surface area (Å²) in [6, 6.07) is 22.3. The third-order valence-corrected chi connectivity index (χ3v) is 8.02. The van der Waals surface area contributed by atoms with Crippen molar-refractivity contribution >= 4 is 57.3 Å². The van der Waals surface area contributed by atoms with E-state index in [0.717, 1.165) is 25.7 Å². The molecule has 0 aliphatic carbocycles. The molecule has 3 aromatic carbocycles. The van der Waals surface area contributed by atoms with Gasteiger partial charge in [0.2, 0.25) is 0 Å². The molecule has 0 saturated heterocycles. The molecule has 1 amide bonds. The minimum absolute atomic E-state index is 0.192. The number of carbonyl (C=O) groups is 1. The average molecular weight is 495 g/mol. The third kappa shape index (κ3) is 6.34. The van der Waals surface area contributed by atoms with E-state index in [-0.39, 0.29) is 11.7 Å². The first-order chi connectivity index (χ1) is 16.1. The summed E-state index contributed by atoms with van der Waals surface area (Å²) in [5.41, 5.74) is 5.46. The minimum Gasteiger partial charge on any atom is -0.497 e. The van der Waals surface area contributed by atoms with Gasteiger partial charge in [-0.2, -0.15) is 5.10 Å². The maximum absolute atomic E-state index is 12.2. The molecule has 4 rings (SSSR count). The normalized spacial score (nSPS) is 11.5. The summed E-state index contributed by atoms with van der Waals surface area (Å²) < 4.78 is 6.87. The number of rotatable bonds is 9. The predicted molar refractivity (Wildman–Crippen MR) is 137 cm³/mol. The molecule has 0 unspecified atom stereocenters. The quantitative estimate of drug-likeness (QED) is 0.185. The van der Waals surface area contributed by atoms with Crippen LogP contribution in [0.15, 0.2) is 80.5 Å². The van der Waals surface area contributed by atoms with E-state index in [2.05, 4.69) is 63.2 Å². The summed E-state index contributed by atoms with van der Waals surface area (Å²) in [5, 5.41) is 15.1. The lowest BCUT2D eigenvalue weighted by Crippen LogP contribution is -2.21. The Labute approximate surface area is 204 Å². The van der Waals surface area contributed by atoms with Gasteiger partial charge in [0.25, 0.3) is 5.91 Å². The van der Waals surface area contributed by atoms with Crippen LogP contribution in [0, 0.1) is 0 Å². The second kappa shape index (κ2) is 11.3. The number of benzene rings is 3. The molecule has 0 radical (unpaired) electrons. The van der Waals surface area contributed by atoms with Gasteiger partial charge in [-0.05, 0) is 35.4 Å².